The van der Waals surface area contributed by atoms with E-state index in [1.54, 1.807) is 12.2 Å². The van der Waals surface area contributed by atoms with Gasteiger partial charge in [0.2, 0.25) is 0 Å². The highest BCUT2D eigenvalue weighted by Crippen LogP contribution is 2.01. The number of nitrogens with one attached hydrogen (secondary N) is 1. The summed E-state index contributed by atoms with van der Waals surface area (Å²) in [7, 11) is 0. The first-order chi connectivity index (χ1) is 5.26. The molecule has 0 aliphatic carbocycles. The standard InChI is InChI=1S/C9H12N2/c1-4-6-9(7-10)8(3)11-5-2/h4,6,11H,1,3,5H2,2H3/b9-6-. The van der Waals surface area contributed by atoms with Crippen molar-refractivity contribution >= 4 is 0 Å². The Bertz CT molecular complexity index is 218. The van der Waals surface area contributed by atoms with Crippen LogP contribution < -0.4 is 5.32 Å². The second kappa shape index (κ2) is 5.31. The summed E-state index contributed by atoms with van der Waals surface area (Å²) in [6.07, 6.45) is 3.20. The highest BCUT2D eigenvalue weighted by molar-refractivity contribution is 5.40. The van der Waals surface area contributed by atoms with Crippen molar-refractivity contribution in [3.8, 4) is 6.07 Å². The lowest BCUT2D eigenvalue weighted by Crippen LogP contribution is -2.12. The van der Waals surface area contributed by atoms with Crippen molar-refractivity contribution in [2.24, 2.45) is 0 Å². The molecule has 0 fully saturated rings. The Balaban J connectivity index is 4.29. The number of nitrogens with zero attached hydrogens (tertiary/aromatic N) is 1. The average Bonchev–Trinajstić information content (AvgIpc) is 2.00. The van der Waals surface area contributed by atoms with E-state index in [0.29, 0.717) is 11.3 Å². The van der Waals surface area contributed by atoms with Crippen LogP contribution in [0.3, 0.4) is 0 Å². The molecule has 58 valence electrons. The van der Waals surface area contributed by atoms with E-state index in [4.69, 9.17) is 5.26 Å². The summed E-state index contributed by atoms with van der Waals surface area (Å²) >= 11 is 0. The summed E-state index contributed by atoms with van der Waals surface area (Å²) in [5, 5.41) is 11.5. The topological polar surface area (TPSA) is 35.8 Å². The van der Waals surface area contributed by atoms with Gasteiger partial charge in [0, 0.05) is 12.2 Å². The summed E-state index contributed by atoms with van der Waals surface area (Å²) in [5.41, 5.74) is 1.18. The van der Waals surface area contributed by atoms with Gasteiger partial charge >= 0.3 is 0 Å². The second-order valence-electron chi connectivity index (χ2n) is 1.94. The molecule has 0 radical (unpaired) electrons. The fourth-order valence-corrected chi connectivity index (χ4v) is 0.632. The Morgan fingerprint density at radius 2 is 2.36 bits per heavy atom. The minimum Gasteiger partial charge on any atom is -0.385 e. The Morgan fingerprint density at radius 3 is 2.73 bits per heavy atom. The Hall–Kier alpha value is -1.49. The quantitative estimate of drug-likeness (QED) is 0.487. The first-order valence-corrected chi connectivity index (χ1v) is 3.42. The summed E-state index contributed by atoms with van der Waals surface area (Å²) in [6, 6.07) is 2.02. The van der Waals surface area contributed by atoms with Crippen LogP contribution in [-0.2, 0) is 0 Å². The minimum atomic E-state index is 0.529. The average molecular weight is 148 g/mol. The van der Waals surface area contributed by atoms with Gasteiger partial charge in [-0.3, -0.25) is 0 Å². The van der Waals surface area contributed by atoms with Crippen molar-refractivity contribution in [1.29, 1.82) is 5.26 Å². The lowest BCUT2D eigenvalue weighted by atomic mass is 10.2. The van der Waals surface area contributed by atoms with Crippen LogP contribution in [0.4, 0.5) is 0 Å². The molecule has 0 spiro atoms. The van der Waals surface area contributed by atoms with E-state index < -0.39 is 0 Å². The molecule has 2 nitrogen and oxygen atoms in total. The number of likely N-dealkylation sites (N-methyl/N-ethyl adjacent to an activating group) is 1. The normalized spacial score (nSPS) is 10.0. The molecule has 11 heavy (non-hydrogen) atoms. The largest absolute Gasteiger partial charge is 0.385 e. The van der Waals surface area contributed by atoms with Gasteiger partial charge < -0.3 is 5.32 Å². The van der Waals surface area contributed by atoms with Gasteiger partial charge in [-0.2, -0.15) is 5.26 Å². The number of nitriles is 1. The van der Waals surface area contributed by atoms with Crippen molar-refractivity contribution < 1.29 is 0 Å². The van der Waals surface area contributed by atoms with E-state index in [0.717, 1.165) is 6.54 Å². The summed E-state index contributed by atoms with van der Waals surface area (Å²) in [6.45, 7) is 9.90. The van der Waals surface area contributed by atoms with Crippen molar-refractivity contribution in [2.45, 2.75) is 6.92 Å². The number of rotatable bonds is 4. The second-order valence-corrected chi connectivity index (χ2v) is 1.94. The molecule has 2 heteroatoms. The maximum Gasteiger partial charge on any atom is 0.101 e. The molecule has 0 aromatic carbocycles. The first kappa shape index (κ1) is 9.51. The van der Waals surface area contributed by atoms with Crippen LogP contribution in [-0.4, -0.2) is 6.54 Å². The molecule has 0 saturated carbocycles. The summed E-state index contributed by atoms with van der Waals surface area (Å²) in [5.74, 6) is 0. The van der Waals surface area contributed by atoms with Crippen LogP contribution in [0, 0.1) is 11.3 Å². The van der Waals surface area contributed by atoms with Gasteiger partial charge in [0.1, 0.15) is 6.07 Å². The van der Waals surface area contributed by atoms with Crippen LogP contribution in [0.1, 0.15) is 6.92 Å². The molecule has 0 saturated heterocycles. The molecule has 1 N–H and O–H groups in total. The monoisotopic (exact) mass is 148 g/mol. The Labute approximate surface area is 67.5 Å². The molecule has 0 aromatic heterocycles. The van der Waals surface area contributed by atoms with Crippen molar-refractivity contribution in [1.82, 2.24) is 5.32 Å². The fourth-order valence-electron chi connectivity index (χ4n) is 0.632. The van der Waals surface area contributed by atoms with Gasteiger partial charge in [-0.05, 0) is 13.0 Å². The molecule has 0 rings (SSSR count). The number of allylic oxidation sites excluding steroid dienone is 3. The maximum absolute atomic E-state index is 8.59. The van der Waals surface area contributed by atoms with Gasteiger partial charge in [0.05, 0.1) is 5.57 Å². The zero-order chi connectivity index (χ0) is 8.69. The van der Waals surface area contributed by atoms with Crippen molar-refractivity contribution in [2.75, 3.05) is 6.54 Å². The molecule has 0 amide bonds. The molecule has 0 atom stereocenters. The van der Waals surface area contributed by atoms with Crippen LogP contribution in [0.5, 0.6) is 0 Å². The van der Waals surface area contributed by atoms with Gasteiger partial charge in [-0.1, -0.05) is 19.2 Å². The zero-order valence-electron chi connectivity index (χ0n) is 6.72. The minimum absolute atomic E-state index is 0.529. The Kier molecular flexibility index (Phi) is 4.59. The van der Waals surface area contributed by atoms with E-state index in [2.05, 4.69) is 18.5 Å². The summed E-state index contributed by atoms with van der Waals surface area (Å²) in [4.78, 5) is 0. The molecular weight excluding hydrogens is 136 g/mol. The fraction of sp³-hybridized carbons (Fsp3) is 0.222. The highest BCUT2D eigenvalue weighted by atomic mass is 14.9. The molecule has 0 heterocycles. The van der Waals surface area contributed by atoms with Crippen LogP contribution in [0.25, 0.3) is 0 Å². The maximum atomic E-state index is 8.59. The lowest BCUT2D eigenvalue weighted by Gasteiger charge is -2.03. The number of hydrogen-bond acceptors (Lipinski definition) is 2. The predicted molar refractivity (Wildman–Crippen MR) is 46.7 cm³/mol. The molecular formula is C9H12N2. The van der Waals surface area contributed by atoms with Crippen LogP contribution in [0.15, 0.2) is 36.6 Å². The van der Waals surface area contributed by atoms with Crippen LogP contribution in [0.2, 0.25) is 0 Å². The third-order valence-corrected chi connectivity index (χ3v) is 1.12. The third-order valence-electron chi connectivity index (χ3n) is 1.12. The van der Waals surface area contributed by atoms with Gasteiger partial charge in [0.15, 0.2) is 0 Å². The third kappa shape index (κ3) is 3.27. The van der Waals surface area contributed by atoms with E-state index >= 15 is 0 Å². The molecule has 0 aliphatic rings. The SMILES string of the molecule is C=C/C=C(/C#N)C(=C)NCC. The number of hydrogen-bond donors (Lipinski definition) is 1. The zero-order valence-corrected chi connectivity index (χ0v) is 6.72. The molecule has 0 bridgehead atoms. The molecule has 0 aliphatic heterocycles. The Morgan fingerprint density at radius 1 is 1.73 bits per heavy atom. The van der Waals surface area contributed by atoms with Crippen molar-refractivity contribution in [3.05, 3.63) is 36.6 Å². The van der Waals surface area contributed by atoms with Gasteiger partial charge in [-0.25, -0.2) is 0 Å². The molecule has 0 aromatic rings. The van der Waals surface area contributed by atoms with E-state index in [1.165, 1.54) is 0 Å². The smallest absolute Gasteiger partial charge is 0.101 e. The lowest BCUT2D eigenvalue weighted by molar-refractivity contribution is 0.874. The highest BCUT2D eigenvalue weighted by Gasteiger charge is 1.96. The summed E-state index contributed by atoms with van der Waals surface area (Å²) < 4.78 is 0. The predicted octanol–water partition coefficient (Wildman–Crippen LogP) is 1.75. The molecule has 0 unspecified atom stereocenters. The van der Waals surface area contributed by atoms with Crippen LogP contribution >= 0.6 is 0 Å². The van der Waals surface area contributed by atoms with E-state index in [1.807, 2.05) is 13.0 Å². The van der Waals surface area contributed by atoms with E-state index in [-0.39, 0.29) is 0 Å². The van der Waals surface area contributed by atoms with E-state index in [9.17, 15) is 0 Å². The first-order valence-electron chi connectivity index (χ1n) is 3.42. The van der Waals surface area contributed by atoms with Crippen molar-refractivity contribution in [3.63, 3.8) is 0 Å². The van der Waals surface area contributed by atoms with Gasteiger partial charge in [-0.15, -0.1) is 0 Å². The van der Waals surface area contributed by atoms with Gasteiger partial charge in [0.25, 0.3) is 0 Å².